The second-order valence-corrected chi connectivity index (χ2v) is 0. The minimum absolute atomic E-state index is 0.300. The van der Waals surface area contributed by atoms with Gasteiger partial charge < -0.3 is 4.46 Å². The van der Waals surface area contributed by atoms with E-state index in [4.69, 9.17) is 7.27 Å². The predicted octanol–water partition coefficient (Wildman–Crippen LogP) is -1.16. The molecule has 22 valence electrons. The molecule has 0 saturated carbocycles. The Kier molecular flexibility index (Phi) is 121. The van der Waals surface area contributed by atoms with Gasteiger partial charge >= 0.3 is 27.5 Å². The van der Waals surface area contributed by atoms with E-state index in [1.807, 2.05) is 0 Å². The third kappa shape index (κ3) is 15.9. The van der Waals surface area contributed by atoms with Gasteiger partial charge in [0.15, 0.2) is 0 Å². The van der Waals surface area contributed by atoms with E-state index in [1.54, 1.807) is 0 Å². The molecule has 0 heterocycles. The maximum atomic E-state index is 8.34. The molecule has 0 aromatic heterocycles. The van der Waals surface area contributed by atoms with Crippen LogP contribution in [0, 0.1) is 0 Å². The van der Waals surface area contributed by atoms with Crippen LogP contribution in [0.25, 0.3) is 0 Å². The van der Waals surface area contributed by atoms with Crippen molar-refractivity contribution in [3.8, 4) is 0 Å². The van der Waals surface area contributed by atoms with Gasteiger partial charge in [0.1, 0.15) is 0 Å². The predicted molar refractivity (Wildman–Crippen MR) is 9.92 cm³/mol. The van der Waals surface area contributed by atoms with E-state index in [1.165, 1.54) is 0 Å². The molecule has 0 aliphatic carbocycles. The summed E-state index contributed by atoms with van der Waals surface area (Å²) < 4.78 is 16.6. The summed E-state index contributed by atoms with van der Waals surface area (Å²) in [5, 5.41) is 0. The molecule has 4 heavy (non-hydrogen) atoms. The third-order valence-corrected chi connectivity index (χ3v) is 0. The van der Waals surface area contributed by atoms with Crippen molar-refractivity contribution in [3.63, 3.8) is 0 Å². The van der Waals surface area contributed by atoms with Crippen LogP contribution in [0.1, 0.15) is 0 Å². The van der Waals surface area contributed by atoms with Gasteiger partial charge in [0.25, 0.3) is 0 Å². The summed E-state index contributed by atoms with van der Waals surface area (Å²) >= 11 is 0.300. The molecule has 0 amide bonds. The maximum absolute atomic E-state index is 8.34. The molecule has 0 aliphatic rings. The summed E-state index contributed by atoms with van der Waals surface area (Å²) in [5.74, 6) is 0. The fourth-order valence-corrected chi connectivity index (χ4v) is 0. The van der Waals surface area contributed by atoms with E-state index in [9.17, 15) is 0 Å². The zero-order chi connectivity index (χ0) is 4.00. The fraction of sp³-hybridized carbons (Fsp3) is 0. The van der Waals surface area contributed by atoms with Crippen molar-refractivity contribution in [1.82, 2.24) is 0 Å². The molecule has 4 heteroatoms. The molecule has 0 rings (SSSR count). The standard InChI is InChI=1S/H2OSi.O.Zr/c1-2;;/h2H2;;. The first-order valence-electron chi connectivity index (χ1n) is 0.493. The van der Waals surface area contributed by atoms with Crippen LogP contribution >= 0.6 is 0 Å². The normalized spacial score (nSPS) is 1.75. The van der Waals surface area contributed by atoms with Crippen molar-refractivity contribution >= 4 is 10.1 Å². The number of rotatable bonds is 0. The molecule has 0 saturated heterocycles. The monoisotopic (exact) mass is 152 g/mol. The first-order chi connectivity index (χ1) is 2.00. The van der Waals surface area contributed by atoms with Gasteiger partial charge in [0.2, 0.25) is 10.1 Å². The van der Waals surface area contributed by atoms with Gasteiger partial charge in [-0.1, -0.05) is 0 Å². The molecule has 0 fully saturated rings. The van der Waals surface area contributed by atoms with Crippen LogP contribution in [0.2, 0.25) is 0 Å². The van der Waals surface area contributed by atoms with E-state index >= 15 is 0 Å². The van der Waals surface area contributed by atoms with Crippen LogP contribution in [-0.4, -0.2) is 10.1 Å². The molecule has 0 spiro atoms. The summed E-state index contributed by atoms with van der Waals surface area (Å²) in [4.78, 5) is 0. The molecule has 0 aliphatic heterocycles. The molecule has 0 aromatic carbocycles. The van der Waals surface area contributed by atoms with E-state index in [-0.39, 0.29) is 0 Å². The molecule has 0 bridgehead atoms. The van der Waals surface area contributed by atoms with Crippen molar-refractivity contribution < 1.29 is 32.0 Å². The fourth-order valence-electron chi connectivity index (χ4n) is 0. The Morgan fingerprint density at radius 2 is 1.25 bits per heavy atom. The van der Waals surface area contributed by atoms with Crippen LogP contribution in [0.3, 0.4) is 0 Å². The van der Waals surface area contributed by atoms with Gasteiger partial charge in [0, 0.05) is 0 Å². The molecular weight excluding hydrogens is 151 g/mol. The average molecular weight is 153 g/mol. The number of hydrogen-bond donors (Lipinski definition) is 0. The Hall–Kier alpha value is 0.700. The Morgan fingerprint density at radius 1 is 1.25 bits per heavy atom. The van der Waals surface area contributed by atoms with Gasteiger partial charge in [-0.3, -0.25) is 0 Å². The summed E-state index contributed by atoms with van der Waals surface area (Å²) in [5.41, 5.74) is 0. The van der Waals surface area contributed by atoms with Crippen LogP contribution in [0.15, 0.2) is 0 Å². The third-order valence-electron chi connectivity index (χ3n) is 0. The van der Waals surface area contributed by atoms with Crippen LogP contribution in [0.4, 0.5) is 0 Å². The Bertz CT molecular complexity index is 8.00. The summed E-state index contributed by atoms with van der Waals surface area (Å²) in [7, 11) is 0.611. The van der Waals surface area contributed by atoms with Gasteiger partial charge in [-0.2, -0.15) is 0 Å². The minimum atomic E-state index is 0.300. The molecule has 2 nitrogen and oxygen atoms in total. The van der Waals surface area contributed by atoms with Crippen LogP contribution in [-0.2, 0) is 32.0 Å². The molecule has 0 N–H and O–H groups in total. The topological polar surface area (TPSA) is 34.1 Å². The molecule has 0 radical (unpaired) electrons. The first kappa shape index (κ1) is 8.83. The van der Waals surface area contributed by atoms with E-state index in [2.05, 4.69) is 0 Å². The average Bonchev–Trinajstić information content (AvgIpc) is 1.50. The van der Waals surface area contributed by atoms with Crippen molar-refractivity contribution in [1.29, 1.82) is 0 Å². The Balaban J connectivity index is 0. The van der Waals surface area contributed by atoms with Crippen LogP contribution in [0.5, 0.6) is 0 Å². The van der Waals surface area contributed by atoms with Gasteiger partial charge in [-0.25, -0.2) is 0 Å². The van der Waals surface area contributed by atoms with Crippen molar-refractivity contribution in [2.24, 2.45) is 0 Å². The van der Waals surface area contributed by atoms with E-state index < -0.39 is 0 Å². The van der Waals surface area contributed by atoms with Gasteiger partial charge in [0.05, 0.1) is 0 Å². The summed E-state index contributed by atoms with van der Waals surface area (Å²) in [6, 6.07) is 0. The van der Waals surface area contributed by atoms with Gasteiger partial charge in [-0.05, 0) is 0 Å². The second-order valence-electron chi connectivity index (χ2n) is 0. The van der Waals surface area contributed by atoms with Crippen molar-refractivity contribution in [2.75, 3.05) is 0 Å². The summed E-state index contributed by atoms with van der Waals surface area (Å²) in [6.45, 7) is 0. The van der Waals surface area contributed by atoms with E-state index in [0.29, 0.717) is 34.9 Å². The first-order valence-corrected chi connectivity index (χ1v) is 2.07. The molecular formula is H2O2SiZr. The van der Waals surface area contributed by atoms with Crippen molar-refractivity contribution in [3.05, 3.63) is 0 Å². The number of hydrogen-bond acceptors (Lipinski definition) is 2. The van der Waals surface area contributed by atoms with Crippen LogP contribution < -0.4 is 0 Å². The zero-order valence-corrected chi connectivity index (χ0v) is 5.90. The summed E-state index contributed by atoms with van der Waals surface area (Å²) in [6.07, 6.45) is 0. The SMILES string of the molecule is O=[SiH2].[O]=[Zr]. The molecule has 0 aromatic rings. The Morgan fingerprint density at radius 3 is 1.25 bits per heavy atom. The second kappa shape index (κ2) is 55.0. The zero-order valence-electron chi connectivity index (χ0n) is 2.02. The quantitative estimate of drug-likeness (QED) is 0.412. The Labute approximate surface area is 42.4 Å². The van der Waals surface area contributed by atoms with Gasteiger partial charge in [-0.15, -0.1) is 0 Å². The van der Waals surface area contributed by atoms with Crippen molar-refractivity contribution in [2.45, 2.75) is 0 Å². The molecule has 0 unspecified atom stereocenters. The van der Waals surface area contributed by atoms with E-state index in [0.717, 1.165) is 0 Å². The molecule has 0 atom stereocenters.